The highest BCUT2D eigenvalue weighted by molar-refractivity contribution is 5.80. The third-order valence-electron chi connectivity index (χ3n) is 5.34. The Morgan fingerprint density at radius 1 is 1.44 bits per heavy atom. The van der Waals surface area contributed by atoms with E-state index in [1.165, 1.54) is 0 Å². The van der Waals surface area contributed by atoms with Crippen LogP contribution in [-0.4, -0.2) is 47.6 Å². The van der Waals surface area contributed by atoms with E-state index in [0.29, 0.717) is 12.5 Å². The summed E-state index contributed by atoms with van der Waals surface area (Å²) in [5, 5.41) is 3.28. The Labute approximate surface area is 150 Å². The first-order valence-electron chi connectivity index (χ1n) is 9.24. The fraction of sp³-hybridized carbons (Fsp3) is 0.600. The Hall–Kier alpha value is -1.72. The summed E-state index contributed by atoms with van der Waals surface area (Å²) in [6, 6.07) is 6.27. The van der Waals surface area contributed by atoms with Crippen LogP contribution in [0, 0.1) is 11.8 Å². The minimum Gasteiger partial charge on any atom is -0.373 e. The van der Waals surface area contributed by atoms with Crippen molar-refractivity contribution in [2.75, 3.05) is 19.7 Å². The number of nitrogens with one attached hydrogen (secondary N) is 1. The summed E-state index contributed by atoms with van der Waals surface area (Å²) in [4.78, 5) is 19.5. The van der Waals surface area contributed by atoms with Gasteiger partial charge in [-0.05, 0) is 37.8 Å². The van der Waals surface area contributed by atoms with E-state index in [2.05, 4.69) is 34.8 Å². The lowest BCUT2D eigenvalue weighted by Crippen LogP contribution is -2.51. The smallest absolute Gasteiger partial charge is 0.226 e. The normalized spacial score (nSPS) is 30.2. The molecule has 25 heavy (non-hydrogen) atoms. The molecule has 0 saturated carbocycles. The molecule has 2 saturated heterocycles. The van der Waals surface area contributed by atoms with Crippen molar-refractivity contribution >= 4 is 5.91 Å². The van der Waals surface area contributed by atoms with Crippen LogP contribution in [-0.2, 0) is 16.1 Å². The standard InChI is InChI=1S/C20H29N3O2/c1-14(2)19-17(8-11-25-19)20(24)22-18-7-10-23(12-15(18)3)13-16-6-4-5-9-21-16/h4-6,9,15,17-19H,1,7-8,10-13H2,2-3H3,(H,22,24)/t15-,17+,18-,19+/m0/s1. The summed E-state index contributed by atoms with van der Waals surface area (Å²) >= 11 is 0. The highest BCUT2D eigenvalue weighted by Gasteiger charge is 2.36. The second kappa shape index (κ2) is 8.11. The molecule has 136 valence electrons. The molecule has 1 aromatic rings. The molecule has 3 rings (SSSR count). The van der Waals surface area contributed by atoms with Crippen molar-refractivity contribution in [3.8, 4) is 0 Å². The number of hydrogen-bond donors (Lipinski definition) is 1. The van der Waals surface area contributed by atoms with Gasteiger partial charge in [-0.25, -0.2) is 0 Å². The average molecular weight is 343 g/mol. The van der Waals surface area contributed by atoms with Gasteiger partial charge in [-0.1, -0.05) is 25.1 Å². The second-order valence-corrected chi connectivity index (χ2v) is 7.47. The number of likely N-dealkylation sites (tertiary alicyclic amines) is 1. The number of piperidine rings is 1. The third-order valence-corrected chi connectivity index (χ3v) is 5.34. The van der Waals surface area contributed by atoms with E-state index in [9.17, 15) is 4.79 Å². The second-order valence-electron chi connectivity index (χ2n) is 7.47. The van der Waals surface area contributed by atoms with Gasteiger partial charge in [-0.15, -0.1) is 0 Å². The molecule has 0 radical (unpaired) electrons. The fourth-order valence-electron chi connectivity index (χ4n) is 3.94. The molecule has 1 amide bonds. The van der Waals surface area contributed by atoms with Crippen molar-refractivity contribution in [2.24, 2.45) is 11.8 Å². The van der Waals surface area contributed by atoms with Crippen LogP contribution in [0.2, 0.25) is 0 Å². The van der Waals surface area contributed by atoms with Crippen LogP contribution < -0.4 is 5.32 Å². The molecule has 5 nitrogen and oxygen atoms in total. The van der Waals surface area contributed by atoms with Crippen molar-refractivity contribution in [3.05, 3.63) is 42.2 Å². The maximum absolute atomic E-state index is 12.7. The average Bonchev–Trinajstić information content (AvgIpc) is 3.08. The number of ether oxygens (including phenoxy) is 1. The maximum atomic E-state index is 12.7. The Balaban J connectivity index is 1.51. The predicted octanol–water partition coefficient (Wildman–Crippen LogP) is 2.39. The Bertz CT molecular complexity index is 604. The molecule has 4 atom stereocenters. The molecule has 0 bridgehead atoms. The SMILES string of the molecule is C=C(C)[C@H]1OCC[C@H]1C(=O)N[C@H]1CCN(Cc2ccccn2)C[C@@H]1C. The zero-order valence-electron chi connectivity index (χ0n) is 15.3. The molecule has 0 spiro atoms. The van der Waals surface area contributed by atoms with E-state index in [1.54, 1.807) is 0 Å². The quantitative estimate of drug-likeness (QED) is 0.834. The summed E-state index contributed by atoms with van der Waals surface area (Å²) < 4.78 is 5.67. The van der Waals surface area contributed by atoms with Gasteiger partial charge in [-0.3, -0.25) is 14.7 Å². The van der Waals surface area contributed by atoms with Crippen LogP contribution in [0.4, 0.5) is 0 Å². The summed E-state index contributed by atoms with van der Waals surface area (Å²) in [6.45, 7) is 11.6. The van der Waals surface area contributed by atoms with Gasteiger partial charge >= 0.3 is 0 Å². The van der Waals surface area contributed by atoms with Crippen molar-refractivity contribution < 1.29 is 9.53 Å². The number of pyridine rings is 1. The van der Waals surface area contributed by atoms with Crippen LogP contribution in [0.15, 0.2) is 36.5 Å². The van der Waals surface area contributed by atoms with Crippen molar-refractivity contribution in [1.29, 1.82) is 0 Å². The Morgan fingerprint density at radius 2 is 2.28 bits per heavy atom. The molecule has 2 aliphatic heterocycles. The Morgan fingerprint density at radius 3 is 2.96 bits per heavy atom. The number of amides is 1. The molecule has 0 unspecified atom stereocenters. The van der Waals surface area contributed by atoms with E-state index in [0.717, 1.165) is 43.7 Å². The van der Waals surface area contributed by atoms with Crippen LogP contribution in [0.3, 0.4) is 0 Å². The predicted molar refractivity (Wildman–Crippen MR) is 97.9 cm³/mol. The van der Waals surface area contributed by atoms with Gasteiger partial charge in [0.25, 0.3) is 0 Å². The summed E-state index contributed by atoms with van der Waals surface area (Å²) in [6.07, 6.45) is 3.48. The van der Waals surface area contributed by atoms with Crippen LogP contribution in [0.5, 0.6) is 0 Å². The van der Waals surface area contributed by atoms with E-state index in [-0.39, 0.29) is 24.0 Å². The maximum Gasteiger partial charge on any atom is 0.226 e. The van der Waals surface area contributed by atoms with Gasteiger partial charge in [0.2, 0.25) is 5.91 Å². The topological polar surface area (TPSA) is 54.5 Å². The molecular formula is C20H29N3O2. The molecular weight excluding hydrogens is 314 g/mol. The largest absolute Gasteiger partial charge is 0.373 e. The number of hydrogen-bond acceptors (Lipinski definition) is 4. The van der Waals surface area contributed by atoms with Gasteiger partial charge in [-0.2, -0.15) is 0 Å². The third kappa shape index (κ3) is 4.47. The fourth-order valence-corrected chi connectivity index (χ4v) is 3.94. The number of carbonyl (C=O) groups excluding carboxylic acids is 1. The van der Waals surface area contributed by atoms with E-state index >= 15 is 0 Å². The van der Waals surface area contributed by atoms with Crippen LogP contribution >= 0.6 is 0 Å². The summed E-state index contributed by atoms with van der Waals surface area (Å²) in [7, 11) is 0. The number of carbonyl (C=O) groups is 1. The van der Waals surface area contributed by atoms with Gasteiger partial charge in [0.05, 0.1) is 17.7 Å². The van der Waals surface area contributed by atoms with E-state index in [4.69, 9.17) is 4.74 Å². The molecule has 0 aliphatic carbocycles. The monoisotopic (exact) mass is 343 g/mol. The van der Waals surface area contributed by atoms with Crippen molar-refractivity contribution in [2.45, 2.75) is 45.4 Å². The molecule has 1 N–H and O–H groups in total. The molecule has 1 aromatic heterocycles. The zero-order valence-corrected chi connectivity index (χ0v) is 15.3. The zero-order chi connectivity index (χ0) is 17.8. The van der Waals surface area contributed by atoms with Gasteiger partial charge < -0.3 is 10.1 Å². The van der Waals surface area contributed by atoms with Gasteiger partial charge in [0, 0.05) is 38.5 Å². The molecule has 2 aliphatic rings. The van der Waals surface area contributed by atoms with E-state index < -0.39 is 0 Å². The first kappa shape index (κ1) is 18.1. The Kier molecular flexibility index (Phi) is 5.86. The van der Waals surface area contributed by atoms with Crippen molar-refractivity contribution in [1.82, 2.24) is 15.2 Å². The van der Waals surface area contributed by atoms with Gasteiger partial charge in [0.1, 0.15) is 0 Å². The van der Waals surface area contributed by atoms with Crippen molar-refractivity contribution in [3.63, 3.8) is 0 Å². The highest BCUT2D eigenvalue weighted by atomic mass is 16.5. The number of rotatable bonds is 5. The highest BCUT2D eigenvalue weighted by Crippen LogP contribution is 2.27. The minimum atomic E-state index is -0.125. The summed E-state index contributed by atoms with van der Waals surface area (Å²) in [5.41, 5.74) is 2.04. The molecule has 5 heteroatoms. The molecule has 3 heterocycles. The van der Waals surface area contributed by atoms with Crippen LogP contribution in [0.1, 0.15) is 32.4 Å². The number of nitrogens with zero attached hydrogens (tertiary/aromatic N) is 2. The lowest BCUT2D eigenvalue weighted by Gasteiger charge is -2.37. The summed E-state index contributed by atoms with van der Waals surface area (Å²) in [5.74, 6) is 0.462. The lowest BCUT2D eigenvalue weighted by molar-refractivity contribution is -0.127. The first-order valence-corrected chi connectivity index (χ1v) is 9.24. The van der Waals surface area contributed by atoms with E-state index in [1.807, 2.05) is 25.3 Å². The van der Waals surface area contributed by atoms with Crippen LogP contribution in [0.25, 0.3) is 0 Å². The molecule has 2 fully saturated rings. The first-order chi connectivity index (χ1) is 12.0. The lowest BCUT2D eigenvalue weighted by atomic mass is 9.91. The van der Waals surface area contributed by atoms with Gasteiger partial charge in [0.15, 0.2) is 0 Å². The number of aromatic nitrogens is 1. The molecule has 0 aromatic carbocycles. The minimum absolute atomic E-state index is 0.0868.